The van der Waals surface area contributed by atoms with Crippen molar-refractivity contribution in [2.75, 3.05) is 26.4 Å². The third-order valence-corrected chi connectivity index (χ3v) is 3.38. The van der Waals surface area contributed by atoms with Crippen LogP contribution in [0.1, 0.15) is 31.9 Å². The lowest BCUT2D eigenvalue weighted by Gasteiger charge is -2.10. The monoisotopic (exact) mass is 267 g/mol. The summed E-state index contributed by atoms with van der Waals surface area (Å²) in [7, 11) is 0. The molecule has 1 saturated heterocycles. The topological polar surface area (TPSA) is 48.3 Å². The van der Waals surface area contributed by atoms with Gasteiger partial charge >= 0.3 is 0 Å². The predicted molar refractivity (Wildman–Crippen MR) is 74.0 cm³/mol. The van der Waals surface area contributed by atoms with Gasteiger partial charge in [-0.05, 0) is 38.8 Å². The average molecular weight is 267 g/mol. The van der Waals surface area contributed by atoms with E-state index in [1.165, 1.54) is 12.1 Å². The summed E-state index contributed by atoms with van der Waals surface area (Å²) in [5.41, 5.74) is 1.24. The molecule has 1 fully saturated rings. The zero-order chi connectivity index (χ0) is 13.3. The van der Waals surface area contributed by atoms with E-state index in [4.69, 9.17) is 9.47 Å². The van der Waals surface area contributed by atoms with Crippen molar-refractivity contribution >= 4 is 0 Å². The molecular formula is C14H25N3O2. The molecule has 1 N–H and O–H groups in total. The van der Waals surface area contributed by atoms with E-state index in [0.717, 1.165) is 52.3 Å². The van der Waals surface area contributed by atoms with E-state index in [2.05, 4.69) is 23.4 Å². The molecule has 0 bridgehead atoms. The minimum absolute atomic E-state index is 0.340. The van der Waals surface area contributed by atoms with Crippen LogP contribution in [0.15, 0.2) is 12.3 Å². The summed E-state index contributed by atoms with van der Waals surface area (Å²) in [5.74, 6) is 0. The predicted octanol–water partition coefficient (Wildman–Crippen LogP) is 1.58. The Bertz CT molecular complexity index is 348. The lowest BCUT2D eigenvalue weighted by atomic mass is 10.2. The highest BCUT2D eigenvalue weighted by Gasteiger charge is 2.14. The van der Waals surface area contributed by atoms with Crippen LogP contribution < -0.4 is 5.32 Å². The number of aryl methyl sites for hydroxylation is 1. The van der Waals surface area contributed by atoms with E-state index < -0.39 is 0 Å². The van der Waals surface area contributed by atoms with Crippen LogP contribution in [0.3, 0.4) is 0 Å². The average Bonchev–Trinajstić information content (AvgIpc) is 3.08. The minimum Gasteiger partial charge on any atom is -0.379 e. The van der Waals surface area contributed by atoms with Crippen molar-refractivity contribution in [3.05, 3.63) is 18.0 Å². The van der Waals surface area contributed by atoms with Crippen LogP contribution in [-0.4, -0.2) is 42.2 Å². The van der Waals surface area contributed by atoms with Gasteiger partial charge in [-0.15, -0.1) is 0 Å². The molecule has 0 aliphatic carbocycles. The Morgan fingerprint density at radius 1 is 1.58 bits per heavy atom. The van der Waals surface area contributed by atoms with Crippen molar-refractivity contribution in [3.8, 4) is 0 Å². The summed E-state index contributed by atoms with van der Waals surface area (Å²) in [6.45, 7) is 7.34. The van der Waals surface area contributed by atoms with Crippen molar-refractivity contribution in [2.24, 2.45) is 0 Å². The van der Waals surface area contributed by atoms with Crippen molar-refractivity contribution < 1.29 is 9.47 Å². The van der Waals surface area contributed by atoms with E-state index in [-0.39, 0.29) is 0 Å². The third-order valence-electron chi connectivity index (χ3n) is 3.38. The number of rotatable bonds is 9. The molecule has 1 aromatic rings. The Kier molecular flexibility index (Phi) is 6.33. The van der Waals surface area contributed by atoms with Gasteiger partial charge in [0.2, 0.25) is 0 Å². The fourth-order valence-electron chi connectivity index (χ4n) is 2.30. The minimum atomic E-state index is 0.340. The molecule has 1 aromatic heterocycles. The Hall–Kier alpha value is -0.910. The summed E-state index contributed by atoms with van der Waals surface area (Å²) in [4.78, 5) is 0. The first kappa shape index (κ1) is 14.5. The van der Waals surface area contributed by atoms with Gasteiger partial charge in [-0.25, -0.2) is 0 Å². The summed E-state index contributed by atoms with van der Waals surface area (Å²) >= 11 is 0. The zero-order valence-corrected chi connectivity index (χ0v) is 11.8. The highest BCUT2D eigenvalue weighted by atomic mass is 16.5. The van der Waals surface area contributed by atoms with Crippen molar-refractivity contribution in [1.29, 1.82) is 0 Å². The molecule has 0 aromatic carbocycles. The second-order valence-electron chi connectivity index (χ2n) is 4.88. The largest absolute Gasteiger partial charge is 0.379 e. The van der Waals surface area contributed by atoms with Crippen molar-refractivity contribution in [1.82, 2.24) is 15.1 Å². The summed E-state index contributed by atoms with van der Waals surface area (Å²) < 4.78 is 13.1. The molecule has 1 unspecified atom stereocenters. The van der Waals surface area contributed by atoms with E-state index >= 15 is 0 Å². The molecular weight excluding hydrogens is 242 g/mol. The molecule has 19 heavy (non-hydrogen) atoms. The number of nitrogens with one attached hydrogen (secondary N) is 1. The van der Waals surface area contributed by atoms with Gasteiger partial charge in [0, 0.05) is 32.5 Å². The van der Waals surface area contributed by atoms with Crippen molar-refractivity contribution in [2.45, 2.75) is 45.4 Å². The molecule has 5 nitrogen and oxygen atoms in total. The smallest absolute Gasteiger partial charge is 0.0809 e. The highest BCUT2D eigenvalue weighted by Crippen LogP contribution is 2.11. The number of hydrogen-bond acceptors (Lipinski definition) is 4. The van der Waals surface area contributed by atoms with E-state index in [0.29, 0.717) is 6.10 Å². The molecule has 0 radical (unpaired) electrons. The van der Waals surface area contributed by atoms with Gasteiger partial charge in [0.25, 0.3) is 0 Å². The molecule has 2 heterocycles. The van der Waals surface area contributed by atoms with Gasteiger partial charge in [-0.3, -0.25) is 4.68 Å². The molecule has 1 aliphatic heterocycles. The first-order valence-electron chi connectivity index (χ1n) is 7.31. The molecule has 1 atom stereocenters. The van der Waals surface area contributed by atoms with Crippen molar-refractivity contribution in [3.63, 3.8) is 0 Å². The standard InChI is InChI=1S/C14H25N3O2/c1-2-17-13(6-8-16-17)11-15-7-4-9-18-12-14-5-3-10-19-14/h6,8,14-15H,2-5,7,9-12H2,1H3. The number of ether oxygens (including phenoxy) is 2. The van der Waals surface area contributed by atoms with E-state index in [1.54, 1.807) is 0 Å². The molecule has 0 spiro atoms. The Balaban J connectivity index is 1.46. The second kappa shape index (κ2) is 8.30. The lowest BCUT2D eigenvalue weighted by Crippen LogP contribution is -2.20. The third kappa shape index (κ3) is 4.93. The van der Waals surface area contributed by atoms with Crippen LogP contribution >= 0.6 is 0 Å². The SMILES string of the molecule is CCn1nccc1CNCCCOCC1CCCO1. The quantitative estimate of drug-likeness (QED) is 0.690. The van der Waals surface area contributed by atoms with Gasteiger partial charge in [-0.1, -0.05) is 0 Å². The highest BCUT2D eigenvalue weighted by molar-refractivity contribution is 4.99. The molecule has 2 rings (SSSR count). The molecule has 0 saturated carbocycles. The van der Waals surface area contributed by atoms with Crippen LogP contribution in [-0.2, 0) is 22.6 Å². The van der Waals surface area contributed by atoms with Crippen LogP contribution in [0.2, 0.25) is 0 Å². The lowest BCUT2D eigenvalue weighted by molar-refractivity contribution is 0.0166. The maximum absolute atomic E-state index is 5.62. The summed E-state index contributed by atoms with van der Waals surface area (Å²) in [6, 6.07) is 2.06. The molecule has 1 aliphatic rings. The molecule has 5 heteroatoms. The Labute approximate surface area is 115 Å². The van der Waals surface area contributed by atoms with E-state index in [1.807, 2.05) is 10.9 Å². The van der Waals surface area contributed by atoms with Crippen LogP contribution in [0.25, 0.3) is 0 Å². The van der Waals surface area contributed by atoms with Crippen LogP contribution in [0.5, 0.6) is 0 Å². The first-order chi connectivity index (χ1) is 9.40. The zero-order valence-electron chi connectivity index (χ0n) is 11.8. The first-order valence-corrected chi connectivity index (χ1v) is 7.31. The fourth-order valence-corrected chi connectivity index (χ4v) is 2.30. The number of aromatic nitrogens is 2. The van der Waals surface area contributed by atoms with Gasteiger partial charge < -0.3 is 14.8 Å². The van der Waals surface area contributed by atoms with Crippen LogP contribution in [0.4, 0.5) is 0 Å². The Morgan fingerprint density at radius 2 is 2.53 bits per heavy atom. The fraction of sp³-hybridized carbons (Fsp3) is 0.786. The summed E-state index contributed by atoms with van der Waals surface area (Å²) in [6.07, 6.45) is 5.56. The maximum Gasteiger partial charge on any atom is 0.0809 e. The maximum atomic E-state index is 5.62. The van der Waals surface area contributed by atoms with Crippen LogP contribution in [0, 0.1) is 0 Å². The normalized spacial score (nSPS) is 19.1. The number of nitrogens with zero attached hydrogens (tertiary/aromatic N) is 2. The molecule has 108 valence electrons. The van der Waals surface area contributed by atoms with Gasteiger partial charge in [-0.2, -0.15) is 5.10 Å². The van der Waals surface area contributed by atoms with Gasteiger partial charge in [0.1, 0.15) is 0 Å². The number of hydrogen-bond donors (Lipinski definition) is 1. The Morgan fingerprint density at radius 3 is 3.32 bits per heavy atom. The second-order valence-corrected chi connectivity index (χ2v) is 4.88. The molecule has 0 amide bonds. The van der Waals surface area contributed by atoms with Gasteiger partial charge in [0.05, 0.1) is 18.4 Å². The van der Waals surface area contributed by atoms with E-state index in [9.17, 15) is 0 Å². The summed E-state index contributed by atoms with van der Waals surface area (Å²) in [5, 5.41) is 7.66. The van der Waals surface area contributed by atoms with Gasteiger partial charge in [0.15, 0.2) is 0 Å².